The molecule has 0 radical (unpaired) electrons. The molecule has 4 heterocycles. The predicted molar refractivity (Wildman–Crippen MR) is 187 cm³/mol. The normalized spacial score (nSPS) is 15.5. The van der Waals surface area contributed by atoms with Crippen LogP contribution in [0.2, 0.25) is 0 Å². The Hall–Kier alpha value is -4.44. The molecule has 7 aromatic rings. The Morgan fingerprint density at radius 3 is 2.07 bits per heavy atom. The van der Waals surface area contributed by atoms with Crippen LogP contribution in [0.15, 0.2) is 103 Å². The first-order valence-corrected chi connectivity index (χ1v) is 18.0. The van der Waals surface area contributed by atoms with Gasteiger partial charge in [-0.05, 0) is 0 Å². The molecule has 0 atom stereocenters. The monoisotopic (exact) mass is 644 g/mol. The zero-order chi connectivity index (χ0) is 29.2. The molecular formula is C40H29BN2OSe. The average Bonchev–Trinajstić information content (AvgIpc) is 3.86. The Balaban J connectivity index is 1.29. The van der Waals surface area contributed by atoms with E-state index in [4.69, 9.17) is 4.74 Å². The fraction of sp³-hybridized carbons (Fsp3) is 0.150. The van der Waals surface area contributed by atoms with Crippen molar-refractivity contribution < 1.29 is 4.74 Å². The van der Waals surface area contributed by atoms with Gasteiger partial charge in [0.2, 0.25) is 0 Å². The van der Waals surface area contributed by atoms with Crippen molar-refractivity contribution in [1.29, 1.82) is 0 Å². The molecule has 2 aliphatic heterocycles. The van der Waals surface area contributed by atoms with E-state index in [1.807, 2.05) is 0 Å². The zero-order valence-electron chi connectivity index (χ0n) is 24.8. The zero-order valence-corrected chi connectivity index (χ0v) is 26.6. The summed E-state index contributed by atoms with van der Waals surface area (Å²) >= 11 is 0.259. The van der Waals surface area contributed by atoms with Crippen molar-refractivity contribution in [2.24, 2.45) is 0 Å². The molecule has 5 aromatic carbocycles. The molecule has 5 heteroatoms. The van der Waals surface area contributed by atoms with Crippen LogP contribution in [0.25, 0.3) is 33.2 Å². The van der Waals surface area contributed by atoms with Gasteiger partial charge in [-0.15, -0.1) is 0 Å². The molecule has 0 amide bonds. The Morgan fingerprint density at radius 2 is 1.27 bits per heavy atom. The molecule has 0 saturated heterocycles. The van der Waals surface area contributed by atoms with Crippen LogP contribution in [0.5, 0.6) is 11.5 Å². The van der Waals surface area contributed by atoms with Crippen molar-refractivity contribution in [2.45, 2.75) is 38.5 Å². The number of aryl methyl sites for hydroxylation is 2. The fourth-order valence-corrected chi connectivity index (χ4v) is 11.4. The molecule has 0 N–H and O–H groups in total. The maximum atomic E-state index is 7.14. The molecule has 0 spiro atoms. The van der Waals surface area contributed by atoms with Gasteiger partial charge in [-0.3, -0.25) is 0 Å². The van der Waals surface area contributed by atoms with Crippen LogP contribution in [0.3, 0.4) is 0 Å². The summed E-state index contributed by atoms with van der Waals surface area (Å²) in [6.07, 6.45) is 6.95. The molecule has 45 heavy (non-hydrogen) atoms. The summed E-state index contributed by atoms with van der Waals surface area (Å²) < 4.78 is 15.2. The summed E-state index contributed by atoms with van der Waals surface area (Å²) in [6.45, 7) is 0.148. The average molecular weight is 643 g/mol. The molecular weight excluding hydrogens is 614 g/mol. The minimum atomic E-state index is 0.148. The second-order valence-electron chi connectivity index (χ2n) is 13.0. The van der Waals surface area contributed by atoms with Gasteiger partial charge in [0.15, 0.2) is 0 Å². The summed E-state index contributed by atoms with van der Waals surface area (Å²) in [6, 6.07) is 38.9. The van der Waals surface area contributed by atoms with Crippen molar-refractivity contribution in [2.75, 3.05) is 0 Å². The Morgan fingerprint density at radius 1 is 0.600 bits per heavy atom. The van der Waals surface area contributed by atoms with Gasteiger partial charge in [-0.25, -0.2) is 0 Å². The standard InChI is InChI=1S/C40H29BN2OSe/c1-4-15-31-25(10-1)27-12-7-17-32(27)42(31)24-22-30-40(35(23-24)43-33-16-5-2-11-26(33)28-13-8-18-34(28)43)44-36-19-9-21-38-39(36)41(30)29-14-3-6-20-37(29)45-38/h1-6,9-11,14-16,19-23H,7-8,12-13,17-18H2. The van der Waals surface area contributed by atoms with Crippen molar-refractivity contribution in [3.8, 4) is 22.9 Å². The van der Waals surface area contributed by atoms with Crippen molar-refractivity contribution >= 4 is 68.8 Å². The molecule has 0 bridgehead atoms. The van der Waals surface area contributed by atoms with Gasteiger partial charge in [0.05, 0.1) is 0 Å². The number of para-hydroxylation sites is 2. The Bertz CT molecular complexity index is 2420. The van der Waals surface area contributed by atoms with E-state index in [9.17, 15) is 0 Å². The van der Waals surface area contributed by atoms with Gasteiger partial charge in [0, 0.05) is 0 Å². The third-order valence-electron chi connectivity index (χ3n) is 10.7. The molecule has 214 valence electrons. The van der Waals surface area contributed by atoms with E-state index in [-0.39, 0.29) is 21.7 Å². The number of benzene rings is 5. The van der Waals surface area contributed by atoms with Gasteiger partial charge in [-0.2, -0.15) is 0 Å². The van der Waals surface area contributed by atoms with Gasteiger partial charge < -0.3 is 0 Å². The quantitative estimate of drug-likeness (QED) is 0.239. The van der Waals surface area contributed by atoms with E-state index in [0.29, 0.717) is 0 Å². The summed E-state index contributed by atoms with van der Waals surface area (Å²) in [7, 11) is 0. The third kappa shape index (κ3) is 3.27. The number of rotatable bonds is 2. The summed E-state index contributed by atoms with van der Waals surface area (Å²) in [5.41, 5.74) is 15.1. The topological polar surface area (TPSA) is 19.1 Å². The van der Waals surface area contributed by atoms with Gasteiger partial charge in [-0.1, -0.05) is 0 Å². The van der Waals surface area contributed by atoms with Crippen LogP contribution in [-0.2, 0) is 25.7 Å². The van der Waals surface area contributed by atoms with Crippen molar-refractivity contribution in [3.05, 3.63) is 126 Å². The maximum absolute atomic E-state index is 7.14. The molecule has 11 rings (SSSR count). The summed E-state index contributed by atoms with van der Waals surface area (Å²) in [5.74, 6) is 2.04. The fourth-order valence-electron chi connectivity index (χ4n) is 8.98. The van der Waals surface area contributed by atoms with Crippen LogP contribution in [0.1, 0.15) is 35.4 Å². The molecule has 0 saturated carbocycles. The van der Waals surface area contributed by atoms with Crippen LogP contribution >= 0.6 is 0 Å². The van der Waals surface area contributed by atoms with E-state index in [0.717, 1.165) is 37.2 Å². The molecule has 0 fully saturated rings. The summed E-state index contributed by atoms with van der Waals surface area (Å²) in [4.78, 5) is 0. The summed E-state index contributed by atoms with van der Waals surface area (Å²) in [5, 5.41) is 2.80. The Kier molecular flexibility index (Phi) is 5.00. The molecule has 4 aliphatic rings. The van der Waals surface area contributed by atoms with Gasteiger partial charge in [0.25, 0.3) is 0 Å². The third-order valence-corrected chi connectivity index (χ3v) is 13.2. The van der Waals surface area contributed by atoms with E-state index < -0.39 is 0 Å². The first-order chi connectivity index (χ1) is 22.3. The van der Waals surface area contributed by atoms with Crippen LogP contribution < -0.4 is 30.0 Å². The number of nitrogens with zero attached hydrogens (tertiary/aromatic N) is 2. The second-order valence-corrected chi connectivity index (χ2v) is 15.3. The number of hydrogen-bond acceptors (Lipinski definition) is 1. The van der Waals surface area contributed by atoms with Crippen LogP contribution in [0, 0.1) is 0 Å². The van der Waals surface area contributed by atoms with Gasteiger partial charge in [0.1, 0.15) is 0 Å². The van der Waals surface area contributed by atoms with Crippen LogP contribution in [0.4, 0.5) is 0 Å². The van der Waals surface area contributed by atoms with E-state index in [1.54, 1.807) is 0 Å². The molecule has 3 nitrogen and oxygen atoms in total. The van der Waals surface area contributed by atoms with E-state index >= 15 is 0 Å². The second kappa shape index (κ2) is 9.07. The Labute approximate surface area is 268 Å². The predicted octanol–water partition coefficient (Wildman–Crippen LogP) is 5.14. The van der Waals surface area contributed by atoms with E-state index in [1.165, 1.54) is 93.8 Å². The first kappa shape index (κ1) is 24.8. The van der Waals surface area contributed by atoms with Crippen molar-refractivity contribution in [3.63, 3.8) is 0 Å². The first-order valence-electron chi connectivity index (χ1n) is 16.3. The minimum absolute atomic E-state index is 0.148. The SMILES string of the molecule is c1ccc2c(c1)[Se]c1cccc3c1B2c1cc(-n2c4c(c5ccccc52)CCC4)cc(-n2c4c(c5ccccc52)CCC4)c1O3. The molecule has 2 aromatic heterocycles. The number of hydrogen-bond donors (Lipinski definition) is 0. The van der Waals surface area contributed by atoms with Gasteiger partial charge >= 0.3 is 270 Å². The van der Waals surface area contributed by atoms with E-state index in [2.05, 4.69) is 112 Å². The number of fused-ring (bicyclic) bond motifs is 10. The number of ether oxygens (including phenoxy) is 1. The number of aromatic nitrogens is 2. The van der Waals surface area contributed by atoms with Crippen LogP contribution in [-0.4, -0.2) is 30.8 Å². The van der Waals surface area contributed by atoms with Crippen molar-refractivity contribution in [1.82, 2.24) is 9.13 Å². The molecule has 0 unspecified atom stereocenters. The molecule has 2 aliphatic carbocycles.